The van der Waals surface area contributed by atoms with Gasteiger partial charge in [-0.25, -0.2) is 0 Å². The Kier molecular flexibility index (Phi) is 1.28. The van der Waals surface area contributed by atoms with Crippen molar-refractivity contribution >= 4 is 23.5 Å². The zero-order valence-corrected chi connectivity index (χ0v) is 6.04. The average Bonchev–Trinajstić information content (AvgIpc) is 2.49. The number of rotatable bonds is 1. The summed E-state index contributed by atoms with van der Waals surface area (Å²) in [5.41, 5.74) is 0. The van der Waals surface area contributed by atoms with Gasteiger partial charge in [-0.2, -0.15) is 0 Å². The monoisotopic (exact) mass is 145 g/mol. The molecule has 1 nitrogen and oxygen atoms in total. The number of hydrogen-bond acceptors (Lipinski definition) is 3. The summed E-state index contributed by atoms with van der Waals surface area (Å²) >= 11 is 3.84. The van der Waals surface area contributed by atoms with Crippen molar-refractivity contribution < 1.29 is 0 Å². The van der Waals surface area contributed by atoms with Crippen LogP contribution in [0.3, 0.4) is 0 Å². The molecule has 8 heavy (non-hydrogen) atoms. The molecular weight excluding hydrogens is 138 g/mol. The van der Waals surface area contributed by atoms with Gasteiger partial charge in [0.25, 0.3) is 0 Å². The Bertz CT molecular complexity index is 112. The van der Waals surface area contributed by atoms with Crippen LogP contribution in [0.25, 0.3) is 0 Å². The van der Waals surface area contributed by atoms with Crippen LogP contribution in [-0.4, -0.2) is 22.7 Å². The Morgan fingerprint density at radius 1 is 1.25 bits per heavy atom. The van der Waals surface area contributed by atoms with Gasteiger partial charge in [0.15, 0.2) is 0 Å². The third-order valence-electron chi connectivity index (χ3n) is 1.23. The predicted molar refractivity (Wildman–Crippen MR) is 39.7 cm³/mol. The van der Waals surface area contributed by atoms with Crippen molar-refractivity contribution in [1.29, 1.82) is 0 Å². The quantitative estimate of drug-likeness (QED) is 0.515. The second-order valence-corrected chi connectivity index (χ2v) is 4.17. The summed E-state index contributed by atoms with van der Waals surface area (Å²) in [5.74, 6) is 0. The second kappa shape index (κ2) is 1.97. The second-order valence-electron chi connectivity index (χ2n) is 1.89. The maximum absolute atomic E-state index is 2.45. The number of nitrogens with zero attached hydrogens (tertiary/aromatic N) is 1. The highest BCUT2D eigenvalue weighted by molar-refractivity contribution is 8.22. The first-order valence-corrected chi connectivity index (χ1v) is 4.55. The van der Waals surface area contributed by atoms with Gasteiger partial charge in [0.1, 0.15) is 4.71 Å². The van der Waals surface area contributed by atoms with E-state index in [0.29, 0.717) is 0 Å². The van der Waals surface area contributed by atoms with E-state index in [1.807, 2.05) is 23.5 Å². The summed E-state index contributed by atoms with van der Waals surface area (Å²) in [7, 11) is 0. The molecule has 0 aromatic rings. The fraction of sp³-hybridized carbons (Fsp3) is 0.600. The SMILES string of the molecule is C1=CSC(N2CC2)S1. The fourth-order valence-electron chi connectivity index (χ4n) is 0.671. The largest absolute Gasteiger partial charge is 0.280 e. The fourth-order valence-corrected chi connectivity index (χ4v) is 2.86. The van der Waals surface area contributed by atoms with Crippen LogP contribution in [0, 0.1) is 0 Å². The van der Waals surface area contributed by atoms with E-state index in [1.54, 1.807) is 0 Å². The minimum absolute atomic E-state index is 0.731. The lowest BCUT2D eigenvalue weighted by atomic mass is 11.0. The van der Waals surface area contributed by atoms with E-state index in [1.165, 1.54) is 13.1 Å². The van der Waals surface area contributed by atoms with Gasteiger partial charge in [0.05, 0.1) is 0 Å². The van der Waals surface area contributed by atoms with E-state index >= 15 is 0 Å². The van der Waals surface area contributed by atoms with Crippen LogP contribution >= 0.6 is 23.5 Å². The Labute approximate surface area is 57.5 Å². The van der Waals surface area contributed by atoms with Crippen molar-refractivity contribution in [2.45, 2.75) is 4.71 Å². The Hall–Kier alpha value is 0.400. The van der Waals surface area contributed by atoms with E-state index in [-0.39, 0.29) is 0 Å². The molecule has 0 atom stereocenters. The summed E-state index contributed by atoms with van der Waals surface area (Å²) in [6.07, 6.45) is 0. The molecule has 2 heterocycles. The molecule has 0 unspecified atom stereocenters. The van der Waals surface area contributed by atoms with Crippen LogP contribution in [-0.2, 0) is 0 Å². The number of thioether (sulfide) groups is 2. The van der Waals surface area contributed by atoms with Crippen molar-refractivity contribution in [3.63, 3.8) is 0 Å². The molecule has 3 heteroatoms. The summed E-state index contributed by atoms with van der Waals surface area (Å²) < 4.78 is 0.731. The molecule has 0 aliphatic carbocycles. The molecule has 0 saturated carbocycles. The maximum Gasteiger partial charge on any atom is 0.111 e. The van der Waals surface area contributed by atoms with Crippen LogP contribution in [0.2, 0.25) is 0 Å². The predicted octanol–water partition coefficient (Wildman–Crippen LogP) is 1.54. The summed E-state index contributed by atoms with van der Waals surface area (Å²) in [6.45, 7) is 2.62. The smallest absolute Gasteiger partial charge is 0.111 e. The van der Waals surface area contributed by atoms with Crippen LogP contribution in [0.1, 0.15) is 0 Å². The van der Waals surface area contributed by atoms with Gasteiger partial charge in [0.2, 0.25) is 0 Å². The molecule has 0 spiro atoms. The Morgan fingerprint density at radius 2 is 1.88 bits per heavy atom. The van der Waals surface area contributed by atoms with E-state index in [4.69, 9.17) is 0 Å². The number of hydrogen-bond donors (Lipinski definition) is 0. The molecule has 2 rings (SSSR count). The molecule has 0 aromatic heterocycles. The van der Waals surface area contributed by atoms with Crippen molar-refractivity contribution in [2.75, 3.05) is 13.1 Å². The van der Waals surface area contributed by atoms with E-state index < -0.39 is 0 Å². The Morgan fingerprint density at radius 3 is 2.38 bits per heavy atom. The van der Waals surface area contributed by atoms with E-state index in [2.05, 4.69) is 15.7 Å². The minimum atomic E-state index is 0.731. The van der Waals surface area contributed by atoms with Gasteiger partial charge in [-0.1, -0.05) is 0 Å². The lowest BCUT2D eigenvalue weighted by Crippen LogP contribution is -2.04. The maximum atomic E-state index is 2.45. The molecule has 0 N–H and O–H groups in total. The van der Waals surface area contributed by atoms with Gasteiger partial charge in [0, 0.05) is 13.1 Å². The molecule has 1 saturated heterocycles. The molecule has 0 aromatic carbocycles. The highest BCUT2D eigenvalue weighted by Gasteiger charge is 2.28. The molecule has 2 aliphatic heterocycles. The minimum Gasteiger partial charge on any atom is -0.280 e. The highest BCUT2D eigenvalue weighted by atomic mass is 32.2. The third kappa shape index (κ3) is 0.900. The van der Waals surface area contributed by atoms with Crippen molar-refractivity contribution in [1.82, 2.24) is 4.90 Å². The summed E-state index contributed by atoms with van der Waals surface area (Å²) in [6, 6.07) is 0. The standard InChI is InChI=1S/C5H7NS2/c1-2-6(1)5-7-3-4-8-5/h3-5H,1-2H2. The van der Waals surface area contributed by atoms with Gasteiger partial charge < -0.3 is 0 Å². The van der Waals surface area contributed by atoms with E-state index in [9.17, 15) is 0 Å². The zero-order valence-electron chi connectivity index (χ0n) is 4.41. The van der Waals surface area contributed by atoms with Gasteiger partial charge in [-0.05, 0) is 10.8 Å². The van der Waals surface area contributed by atoms with Crippen molar-refractivity contribution in [2.24, 2.45) is 0 Å². The molecular formula is C5H7NS2. The lowest BCUT2D eigenvalue weighted by Gasteiger charge is -2.05. The molecule has 0 bridgehead atoms. The zero-order chi connectivity index (χ0) is 5.40. The first kappa shape index (κ1) is 5.21. The topological polar surface area (TPSA) is 3.01 Å². The van der Waals surface area contributed by atoms with Crippen LogP contribution in [0.4, 0.5) is 0 Å². The van der Waals surface area contributed by atoms with E-state index in [0.717, 1.165) is 4.71 Å². The van der Waals surface area contributed by atoms with Gasteiger partial charge in [-0.15, -0.1) is 23.5 Å². The van der Waals surface area contributed by atoms with Crippen molar-refractivity contribution in [3.05, 3.63) is 10.8 Å². The lowest BCUT2D eigenvalue weighted by molar-refractivity contribution is 0.639. The first-order chi connectivity index (χ1) is 3.97. The van der Waals surface area contributed by atoms with Crippen LogP contribution in [0.15, 0.2) is 10.8 Å². The normalized spacial score (nSPS) is 29.5. The van der Waals surface area contributed by atoms with Crippen LogP contribution in [0.5, 0.6) is 0 Å². The Balaban J connectivity index is 1.90. The van der Waals surface area contributed by atoms with Crippen LogP contribution < -0.4 is 0 Å². The molecule has 2 aliphatic rings. The highest BCUT2D eigenvalue weighted by Crippen LogP contribution is 2.38. The molecule has 0 amide bonds. The molecule has 0 radical (unpaired) electrons. The summed E-state index contributed by atoms with van der Waals surface area (Å²) in [5, 5.41) is 4.35. The van der Waals surface area contributed by atoms with Gasteiger partial charge >= 0.3 is 0 Å². The molecule has 44 valence electrons. The third-order valence-corrected chi connectivity index (χ3v) is 3.71. The van der Waals surface area contributed by atoms with Crippen molar-refractivity contribution in [3.8, 4) is 0 Å². The first-order valence-electron chi connectivity index (χ1n) is 2.67. The summed E-state index contributed by atoms with van der Waals surface area (Å²) in [4.78, 5) is 2.45. The average molecular weight is 145 g/mol. The van der Waals surface area contributed by atoms with Gasteiger partial charge in [-0.3, -0.25) is 4.90 Å². The molecule has 1 fully saturated rings.